The Balaban J connectivity index is 0.000000531. The van der Waals surface area contributed by atoms with Crippen LogP contribution < -0.4 is 11.2 Å². The number of aromatic nitrogens is 1. The summed E-state index contributed by atoms with van der Waals surface area (Å²) in [6, 6.07) is 6.82. The number of hydrogen-bond donors (Lipinski definition) is 2. The predicted octanol–water partition coefficient (Wildman–Crippen LogP) is 1.34. The van der Waals surface area contributed by atoms with E-state index < -0.39 is 0 Å². The third-order valence-corrected chi connectivity index (χ3v) is 1.85. The highest BCUT2D eigenvalue weighted by atomic mass is 16.3. The fourth-order valence-corrected chi connectivity index (χ4v) is 1.19. The second kappa shape index (κ2) is 4.69. The van der Waals surface area contributed by atoms with E-state index in [9.17, 15) is 5.11 Å². The lowest BCUT2D eigenvalue weighted by Gasteiger charge is -2.02. The van der Waals surface area contributed by atoms with Crippen LogP contribution in [0.15, 0.2) is 24.3 Å². The number of nitrogens with two attached hydrogens (primary N) is 1. The Morgan fingerprint density at radius 1 is 1.27 bits per heavy atom. The summed E-state index contributed by atoms with van der Waals surface area (Å²) in [5.41, 5.74) is 6.75. The Hall–Kier alpha value is -1.71. The van der Waals surface area contributed by atoms with Crippen LogP contribution in [0.25, 0.3) is 10.9 Å². The number of hydrogen-bond acceptors (Lipinski definition) is 3. The molecular weight excluding hydrogens is 187 g/mol. The largest absolute Gasteiger partial charge is 0.504 e. The summed E-state index contributed by atoms with van der Waals surface area (Å²) >= 11 is 0. The van der Waals surface area contributed by atoms with E-state index in [4.69, 9.17) is 13.6 Å². The van der Waals surface area contributed by atoms with Gasteiger partial charge in [0.25, 0.3) is 0 Å². The second-order valence-corrected chi connectivity index (χ2v) is 2.84. The third kappa shape index (κ3) is 2.40. The molecule has 0 atom stereocenters. The van der Waals surface area contributed by atoms with E-state index in [2.05, 4.69) is 4.98 Å². The van der Waals surface area contributed by atoms with Gasteiger partial charge in [0.15, 0.2) is 11.6 Å². The third-order valence-electron chi connectivity index (χ3n) is 1.85. The molecule has 15 heavy (non-hydrogen) atoms. The van der Waals surface area contributed by atoms with Gasteiger partial charge in [-0.25, -0.2) is 4.98 Å². The summed E-state index contributed by atoms with van der Waals surface area (Å²) in [5.74, 6) is 0.121. The van der Waals surface area contributed by atoms with Gasteiger partial charge in [0.05, 0.1) is 5.52 Å². The van der Waals surface area contributed by atoms with Crippen LogP contribution in [0, 0.1) is 0 Å². The topological polar surface area (TPSA) is 59.1 Å². The zero-order chi connectivity index (χ0) is 11.4. The van der Waals surface area contributed by atoms with E-state index in [1.807, 2.05) is 13.8 Å². The molecule has 0 saturated carbocycles. The van der Waals surface area contributed by atoms with Crippen molar-refractivity contribution < 1.29 is 5.11 Å². The van der Waals surface area contributed by atoms with Gasteiger partial charge in [-0.1, -0.05) is 31.4 Å². The van der Waals surface area contributed by atoms with Crippen molar-refractivity contribution in [1.82, 2.24) is 4.98 Å². The van der Waals surface area contributed by atoms with Crippen LogP contribution in [0.2, 0.25) is 0 Å². The first-order chi connectivity index (χ1) is 7.16. The van der Waals surface area contributed by atoms with Crippen LogP contribution in [-0.4, -0.2) is 17.9 Å². The first-order valence-electron chi connectivity index (χ1n) is 4.81. The SMILES string of the molecule is CC.[B]c1ccc2cc(O)c(N)nc2c1. The monoisotopic (exact) mass is 200 g/mol. The molecule has 0 unspecified atom stereocenters. The number of benzene rings is 1. The zero-order valence-corrected chi connectivity index (χ0v) is 8.86. The quantitative estimate of drug-likeness (QED) is 0.631. The molecule has 1 aromatic heterocycles. The summed E-state index contributed by atoms with van der Waals surface area (Å²) in [7, 11) is 5.57. The van der Waals surface area contributed by atoms with Crippen LogP contribution in [0.1, 0.15) is 13.8 Å². The normalized spacial score (nSPS) is 9.47. The maximum absolute atomic E-state index is 9.27. The van der Waals surface area contributed by atoms with Crippen molar-refractivity contribution in [3.63, 3.8) is 0 Å². The lowest BCUT2D eigenvalue weighted by molar-refractivity contribution is 0.477. The van der Waals surface area contributed by atoms with Gasteiger partial charge in [0.1, 0.15) is 7.85 Å². The Morgan fingerprint density at radius 2 is 1.93 bits per heavy atom. The maximum atomic E-state index is 9.27. The molecule has 76 valence electrons. The number of rotatable bonds is 0. The predicted molar refractivity (Wildman–Crippen MR) is 64.6 cm³/mol. The molecule has 2 radical (unpaired) electrons. The first-order valence-corrected chi connectivity index (χ1v) is 4.81. The Morgan fingerprint density at radius 3 is 2.60 bits per heavy atom. The van der Waals surface area contributed by atoms with Gasteiger partial charge in [-0.2, -0.15) is 0 Å². The number of anilines is 1. The summed E-state index contributed by atoms with van der Waals surface area (Å²) in [6.45, 7) is 4.00. The molecule has 0 aliphatic rings. The average molecular weight is 200 g/mol. The lowest BCUT2D eigenvalue weighted by Crippen LogP contribution is -2.01. The highest BCUT2D eigenvalue weighted by Gasteiger charge is 2.01. The first kappa shape index (κ1) is 11.4. The summed E-state index contributed by atoms with van der Waals surface area (Å²) in [6.07, 6.45) is 0. The van der Waals surface area contributed by atoms with Gasteiger partial charge in [0, 0.05) is 5.39 Å². The lowest BCUT2D eigenvalue weighted by atomic mass is 9.95. The summed E-state index contributed by atoms with van der Waals surface area (Å²) in [5, 5.41) is 10.1. The van der Waals surface area contributed by atoms with Gasteiger partial charge in [-0.3, -0.25) is 0 Å². The maximum Gasteiger partial charge on any atom is 0.166 e. The molecule has 0 aliphatic heterocycles. The van der Waals surface area contributed by atoms with E-state index in [1.54, 1.807) is 24.3 Å². The Labute approximate surface area is 90.4 Å². The van der Waals surface area contributed by atoms with E-state index in [0.29, 0.717) is 11.0 Å². The molecule has 4 heteroatoms. The molecule has 0 saturated heterocycles. The van der Waals surface area contributed by atoms with Gasteiger partial charge in [-0.05, 0) is 12.1 Å². The van der Waals surface area contributed by atoms with Crippen molar-refractivity contribution in [2.45, 2.75) is 13.8 Å². The minimum Gasteiger partial charge on any atom is -0.504 e. The minimum absolute atomic E-state index is 0.00253. The average Bonchev–Trinajstić information content (AvgIpc) is 2.23. The standard InChI is InChI=1S/C9H7BN2O.C2H6/c10-6-2-1-5-3-8(13)9(11)12-7(5)4-6;1-2/h1-4,13H,(H2,11,12);1-2H3. The van der Waals surface area contributed by atoms with Crippen molar-refractivity contribution in [2.75, 3.05) is 5.73 Å². The van der Waals surface area contributed by atoms with E-state index >= 15 is 0 Å². The molecule has 3 nitrogen and oxygen atoms in total. The molecular formula is C11H13BN2O. The Bertz CT molecular complexity index is 471. The molecule has 2 aromatic rings. The van der Waals surface area contributed by atoms with Crippen LogP contribution >= 0.6 is 0 Å². The number of fused-ring (bicyclic) bond motifs is 1. The molecule has 1 heterocycles. The number of pyridine rings is 1. The number of nitrogen functional groups attached to an aromatic ring is 1. The summed E-state index contributed by atoms with van der Waals surface area (Å²) < 4.78 is 0. The van der Waals surface area contributed by atoms with E-state index in [1.165, 1.54) is 0 Å². The molecule has 1 aromatic carbocycles. The number of aromatic hydroxyl groups is 1. The van der Waals surface area contributed by atoms with Crippen molar-refractivity contribution in [3.8, 4) is 5.75 Å². The molecule has 0 spiro atoms. The van der Waals surface area contributed by atoms with Gasteiger partial charge in [-0.15, -0.1) is 0 Å². The van der Waals surface area contributed by atoms with Crippen molar-refractivity contribution >= 4 is 30.0 Å². The highest BCUT2D eigenvalue weighted by Crippen LogP contribution is 2.22. The van der Waals surface area contributed by atoms with Crippen LogP contribution in [0.5, 0.6) is 5.75 Å². The summed E-state index contributed by atoms with van der Waals surface area (Å²) in [4.78, 5) is 3.98. The second-order valence-electron chi connectivity index (χ2n) is 2.84. The van der Waals surface area contributed by atoms with E-state index in [-0.39, 0.29) is 11.6 Å². The van der Waals surface area contributed by atoms with Crippen LogP contribution in [0.4, 0.5) is 5.82 Å². The Kier molecular flexibility index (Phi) is 3.55. The number of nitrogens with zero attached hydrogens (tertiary/aromatic N) is 1. The minimum atomic E-state index is -0.00253. The highest BCUT2D eigenvalue weighted by molar-refractivity contribution is 6.33. The molecule has 2 rings (SSSR count). The van der Waals surface area contributed by atoms with Gasteiger partial charge < -0.3 is 10.8 Å². The fourth-order valence-electron chi connectivity index (χ4n) is 1.19. The van der Waals surface area contributed by atoms with Gasteiger partial charge in [0.2, 0.25) is 0 Å². The fraction of sp³-hybridized carbons (Fsp3) is 0.182. The van der Waals surface area contributed by atoms with Crippen molar-refractivity contribution in [2.24, 2.45) is 0 Å². The molecule has 0 bridgehead atoms. The molecule has 0 aliphatic carbocycles. The van der Waals surface area contributed by atoms with Crippen LogP contribution in [-0.2, 0) is 0 Å². The van der Waals surface area contributed by atoms with Crippen LogP contribution in [0.3, 0.4) is 0 Å². The van der Waals surface area contributed by atoms with E-state index in [0.717, 1.165) is 5.39 Å². The van der Waals surface area contributed by atoms with Gasteiger partial charge >= 0.3 is 0 Å². The molecule has 0 fully saturated rings. The zero-order valence-electron chi connectivity index (χ0n) is 8.86. The molecule has 0 amide bonds. The molecule has 3 N–H and O–H groups in total. The van der Waals surface area contributed by atoms with Crippen molar-refractivity contribution in [3.05, 3.63) is 24.3 Å². The smallest absolute Gasteiger partial charge is 0.166 e. The van der Waals surface area contributed by atoms with Crippen molar-refractivity contribution in [1.29, 1.82) is 0 Å².